The number of allylic oxidation sites excluding steroid dienone is 2. The number of ether oxygens (including phenoxy) is 1. The van der Waals surface area contributed by atoms with Gasteiger partial charge >= 0.3 is 7.82 Å². The molecule has 1 saturated heterocycles. The maximum atomic E-state index is 12.3. The summed E-state index contributed by atoms with van der Waals surface area (Å²) in [6.07, 6.45) is 18.8. The Morgan fingerprint density at radius 2 is 1.56 bits per heavy atom. The maximum Gasteiger partial charge on any atom is 0.472 e. The summed E-state index contributed by atoms with van der Waals surface area (Å²) in [6.45, 7) is 1.89. The van der Waals surface area contributed by atoms with Crippen molar-refractivity contribution in [2.75, 3.05) is 18.9 Å². The number of imidazole rings is 1. The van der Waals surface area contributed by atoms with Gasteiger partial charge in [-0.05, 0) is 32.1 Å². The van der Waals surface area contributed by atoms with Crippen molar-refractivity contribution < 1.29 is 33.5 Å². The molecule has 3 rings (SSSR count). The van der Waals surface area contributed by atoms with Crippen LogP contribution >= 0.6 is 7.82 Å². The van der Waals surface area contributed by atoms with E-state index < -0.39 is 39.0 Å². The van der Waals surface area contributed by atoms with E-state index in [1.807, 2.05) is 0 Å². The number of hydrogen-bond donors (Lipinski definition) is 4. The van der Waals surface area contributed by atoms with E-state index in [9.17, 15) is 19.7 Å². The van der Waals surface area contributed by atoms with Crippen LogP contribution in [0.3, 0.4) is 0 Å². The van der Waals surface area contributed by atoms with Crippen LogP contribution < -0.4 is 5.73 Å². The summed E-state index contributed by atoms with van der Waals surface area (Å²) in [4.78, 5) is 22.1. The third-order valence-corrected chi connectivity index (χ3v) is 8.30. The van der Waals surface area contributed by atoms with Gasteiger partial charge in [0, 0.05) is 0 Å². The number of hydrogen-bond acceptors (Lipinski definition) is 10. The minimum absolute atomic E-state index is 0.0937. The van der Waals surface area contributed by atoms with Crippen LogP contribution in [0.15, 0.2) is 24.8 Å². The monoisotopic (exact) mass is 597 g/mol. The molecule has 5 N–H and O–H groups in total. The highest BCUT2D eigenvalue weighted by atomic mass is 31.2. The van der Waals surface area contributed by atoms with Crippen LogP contribution in [-0.4, -0.2) is 66.2 Å². The number of anilines is 1. The number of phosphoric acid groups is 1. The molecule has 0 radical (unpaired) electrons. The zero-order valence-corrected chi connectivity index (χ0v) is 25.1. The molecule has 1 aliphatic heterocycles. The Bertz CT molecular complexity index is 1100. The SMILES string of the molecule is CCCCCCCC/C=C\CCCCCCCCOP(=O)(O)OC[C@H]1O[C@@H](n2cnc3c(N)ncnc32)[C@@H](O)[C@@H]1O. The summed E-state index contributed by atoms with van der Waals surface area (Å²) in [5.41, 5.74) is 6.45. The molecule has 3 heterocycles. The van der Waals surface area contributed by atoms with Crippen LogP contribution in [-0.2, 0) is 18.3 Å². The second-order valence-electron chi connectivity index (χ2n) is 10.7. The molecule has 1 unspecified atom stereocenters. The number of unbranched alkanes of at least 4 members (excludes halogenated alkanes) is 12. The van der Waals surface area contributed by atoms with Gasteiger partial charge in [0.2, 0.25) is 0 Å². The van der Waals surface area contributed by atoms with Gasteiger partial charge in [-0.3, -0.25) is 13.6 Å². The summed E-state index contributed by atoms with van der Waals surface area (Å²) < 4.78 is 29.6. The predicted molar refractivity (Wildman–Crippen MR) is 157 cm³/mol. The smallest absolute Gasteiger partial charge is 0.387 e. The van der Waals surface area contributed by atoms with Crippen molar-refractivity contribution >= 4 is 24.8 Å². The van der Waals surface area contributed by atoms with Gasteiger partial charge in [-0.2, -0.15) is 0 Å². The molecule has 5 atom stereocenters. The van der Waals surface area contributed by atoms with E-state index in [2.05, 4.69) is 34.0 Å². The molecule has 0 aromatic carbocycles. The molecule has 13 heteroatoms. The summed E-state index contributed by atoms with van der Waals surface area (Å²) >= 11 is 0. The first-order chi connectivity index (χ1) is 19.8. The topological polar surface area (TPSA) is 175 Å². The van der Waals surface area contributed by atoms with Gasteiger partial charge in [0.15, 0.2) is 17.7 Å². The fourth-order valence-corrected chi connectivity index (χ4v) is 5.66. The number of nitrogen functional groups attached to an aromatic ring is 1. The highest BCUT2D eigenvalue weighted by molar-refractivity contribution is 7.47. The number of aliphatic hydroxyl groups is 2. The van der Waals surface area contributed by atoms with Gasteiger partial charge in [-0.25, -0.2) is 19.5 Å². The molecule has 232 valence electrons. The van der Waals surface area contributed by atoms with Gasteiger partial charge in [-0.15, -0.1) is 0 Å². The quantitative estimate of drug-likeness (QED) is 0.0845. The lowest BCUT2D eigenvalue weighted by Gasteiger charge is -2.17. The van der Waals surface area contributed by atoms with Crippen molar-refractivity contribution in [3.05, 3.63) is 24.8 Å². The van der Waals surface area contributed by atoms with E-state index >= 15 is 0 Å². The van der Waals surface area contributed by atoms with E-state index in [0.29, 0.717) is 17.6 Å². The van der Waals surface area contributed by atoms with Crippen LogP contribution in [0, 0.1) is 0 Å². The zero-order chi connectivity index (χ0) is 29.5. The maximum absolute atomic E-state index is 12.3. The molecule has 0 amide bonds. The van der Waals surface area contributed by atoms with Crippen molar-refractivity contribution in [1.29, 1.82) is 0 Å². The molecule has 0 saturated carbocycles. The summed E-state index contributed by atoms with van der Waals surface area (Å²) in [6, 6.07) is 0. The summed E-state index contributed by atoms with van der Waals surface area (Å²) in [5.74, 6) is 0.168. The number of rotatable bonds is 21. The first kappa shape index (κ1) is 33.6. The second-order valence-corrected chi connectivity index (χ2v) is 12.1. The first-order valence-electron chi connectivity index (χ1n) is 15.1. The lowest BCUT2D eigenvalue weighted by atomic mass is 10.1. The van der Waals surface area contributed by atoms with E-state index in [4.69, 9.17) is 19.5 Å². The van der Waals surface area contributed by atoms with Crippen molar-refractivity contribution in [1.82, 2.24) is 19.5 Å². The fraction of sp³-hybridized carbons (Fsp3) is 0.750. The van der Waals surface area contributed by atoms with Crippen LogP contribution in [0.2, 0.25) is 0 Å². The standard InChI is InChI=1S/C28H48N5O7P/c1-2-3-4-5-6-7-8-9-10-11-12-13-14-15-16-17-18-38-41(36,37)39-19-22-24(34)25(35)28(40-22)33-21-32-23-26(29)30-20-31-27(23)33/h9-10,20-22,24-25,28,34-35H,2-8,11-19H2,1H3,(H,36,37)(H2,29,30,31)/b10-9-/t22-,24-,25+,28-/m1/s1. The predicted octanol–water partition coefficient (Wildman–Crippen LogP) is 5.20. The Morgan fingerprint density at radius 1 is 0.927 bits per heavy atom. The molecule has 12 nitrogen and oxygen atoms in total. The number of fused-ring (bicyclic) bond motifs is 1. The molecule has 1 aliphatic rings. The summed E-state index contributed by atoms with van der Waals surface area (Å²) in [7, 11) is -4.34. The van der Waals surface area contributed by atoms with E-state index in [-0.39, 0.29) is 12.4 Å². The highest BCUT2D eigenvalue weighted by Crippen LogP contribution is 2.44. The first-order valence-corrected chi connectivity index (χ1v) is 16.5. The van der Waals surface area contributed by atoms with Gasteiger partial charge in [0.1, 0.15) is 30.2 Å². The van der Waals surface area contributed by atoms with Gasteiger partial charge < -0.3 is 25.6 Å². The fourth-order valence-electron chi connectivity index (χ4n) is 4.89. The molecular weight excluding hydrogens is 549 g/mol. The molecule has 2 aromatic heterocycles. The number of nitrogens with zero attached hydrogens (tertiary/aromatic N) is 4. The number of nitrogens with two attached hydrogens (primary N) is 1. The molecule has 2 aromatic rings. The minimum atomic E-state index is -4.34. The Kier molecular flexibility index (Phi) is 14.7. The lowest BCUT2D eigenvalue weighted by molar-refractivity contribution is -0.0514. The molecule has 41 heavy (non-hydrogen) atoms. The molecule has 0 aliphatic carbocycles. The Morgan fingerprint density at radius 3 is 2.24 bits per heavy atom. The Hall–Kier alpha value is -1.92. The molecule has 0 bridgehead atoms. The van der Waals surface area contributed by atoms with Crippen molar-refractivity contribution in [3.63, 3.8) is 0 Å². The number of aliphatic hydroxyl groups excluding tert-OH is 2. The number of aromatic nitrogens is 4. The van der Waals surface area contributed by atoms with Crippen molar-refractivity contribution in [3.8, 4) is 0 Å². The van der Waals surface area contributed by atoms with Gasteiger partial charge in [0.25, 0.3) is 0 Å². The van der Waals surface area contributed by atoms with Crippen LogP contribution in [0.4, 0.5) is 5.82 Å². The van der Waals surface area contributed by atoms with Crippen molar-refractivity contribution in [2.45, 2.75) is 121 Å². The minimum Gasteiger partial charge on any atom is -0.387 e. The average molecular weight is 598 g/mol. The van der Waals surface area contributed by atoms with Crippen LogP contribution in [0.5, 0.6) is 0 Å². The van der Waals surface area contributed by atoms with Crippen molar-refractivity contribution in [2.24, 2.45) is 0 Å². The third-order valence-electron chi connectivity index (χ3n) is 7.31. The average Bonchev–Trinajstić information content (AvgIpc) is 3.50. The molecule has 0 spiro atoms. The lowest BCUT2D eigenvalue weighted by Crippen LogP contribution is -2.33. The van der Waals surface area contributed by atoms with Crippen LogP contribution in [0.1, 0.15) is 103 Å². The Balaban J connectivity index is 1.23. The molecular formula is C28H48N5O7P. The molecule has 1 fully saturated rings. The Labute approximate surface area is 243 Å². The van der Waals surface area contributed by atoms with E-state index in [1.54, 1.807) is 0 Å². The summed E-state index contributed by atoms with van der Waals surface area (Å²) in [5, 5.41) is 20.9. The van der Waals surface area contributed by atoms with E-state index in [1.165, 1.54) is 75.0 Å². The van der Waals surface area contributed by atoms with Crippen LogP contribution in [0.25, 0.3) is 11.2 Å². The number of phosphoric ester groups is 1. The van der Waals surface area contributed by atoms with Gasteiger partial charge in [0.05, 0.1) is 19.5 Å². The second kappa shape index (κ2) is 17.9. The van der Waals surface area contributed by atoms with Gasteiger partial charge in [-0.1, -0.05) is 76.9 Å². The third kappa shape index (κ3) is 11.0. The van der Waals surface area contributed by atoms with E-state index in [0.717, 1.165) is 25.7 Å². The normalized spacial score (nSPS) is 22.6. The zero-order valence-electron chi connectivity index (χ0n) is 24.2. The highest BCUT2D eigenvalue weighted by Gasteiger charge is 2.45. The largest absolute Gasteiger partial charge is 0.472 e.